The molecule has 0 bridgehead atoms. The Labute approximate surface area is 150 Å². The Hall–Kier alpha value is -1.90. The van der Waals surface area contributed by atoms with Crippen molar-refractivity contribution in [2.24, 2.45) is 0 Å². The van der Waals surface area contributed by atoms with Gasteiger partial charge in [0.15, 0.2) is 0 Å². The molecule has 5 nitrogen and oxygen atoms in total. The highest BCUT2D eigenvalue weighted by molar-refractivity contribution is 8.00. The van der Waals surface area contributed by atoms with Gasteiger partial charge in [0.05, 0.1) is 15.1 Å². The second-order valence-electron chi connectivity index (χ2n) is 4.73. The molecule has 0 saturated carbocycles. The van der Waals surface area contributed by atoms with Gasteiger partial charge >= 0.3 is 0 Å². The molecule has 0 aliphatic heterocycles. The lowest BCUT2D eigenvalue weighted by molar-refractivity contribution is -0.115. The molecule has 1 N–H and O–H groups in total. The summed E-state index contributed by atoms with van der Waals surface area (Å²) in [6.45, 7) is 1.71. The highest BCUT2D eigenvalue weighted by Gasteiger charge is 2.19. The van der Waals surface area contributed by atoms with Crippen LogP contribution in [-0.4, -0.2) is 21.4 Å². The summed E-state index contributed by atoms with van der Waals surface area (Å²) >= 11 is 8.33. The number of nitrogens with zero attached hydrogens (tertiary/aromatic N) is 2. The molecule has 0 aliphatic carbocycles. The Bertz CT molecular complexity index is 854. The van der Waals surface area contributed by atoms with Crippen molar-refractivity contribution < 1.29 is 13.6 Å². The molecule has 3 rings (SSSR count). The van der Waals surface area contributed by atoms with E-state index in [4.69, 9.17) is 16.0 Å². The van der Waals surface area contributed by atoms with Crippen molar-refractivity contribution in [2.45, 2.75) is 17.4 Å². The van der Waals surface area contributed by atoms with Crippen LogP contribution in [0.5, 0.6) is 0 Å². The minimum Gasteiger partial charge on any atom is -0.410 e. The quantitative estimate of drug-likeness (QED) is 0.646. The van der Waals surface area contributed by atoms with Crippen molar-refractivity contribution >= 4 is 46.3 Å². The maximum atomic E-state index is 13.1. The first-order valence-electron chi connectivity index (χ1n) is 6.83. The summed E-state index contributed by atoms with van der Waals surface area (Å²) in [7, 11) is 0. The molecule has 1 amide bonds. The van der Waals surface area contributed by atoms with Gasteiger partial charge in [0.1, 0.15) is 5.82 Å². The zero-order valence-electron chi connectivity index (χ0n) is 12.3. The van der Waals surface area contributed by atoms with E-state index in [-0.39, 0.29) is 10.9 Å². The van der Waals surface area contributed by atoms with Crippen molar-refractivity contribution in [1.82, 2.24) is 10.2 Å². The van der Waals surface area contributed by atoms with E-state index in [1.54, 1.807) is 6.92 Å². The summed E-state index contributed by atoms with van der Waals surface area (Å²) in [5.74, 6) is -0.395. The third kappa shape index (κ3) is 3.95. The third-order valence-corrected chi connectivity index (χ3v) is 5.05. The van der Waals surface area contributed by atoms with E-state index in [2.05, 4.69) is 15.5 Å². The number of aromatic nitrogens is 2. The third-order valence-electron chi connectivity index (χ3n) is 2.97. The monoisotopic (exact) mass is 383 g/mol. The van der Waals surface area contributed by atoms with Crippen LogP contribution in [0, 0.1) is 5.82 Å². The molecule has 0 spiro atoms. The molecule has 3 aromatic rings. The van der Waals surface area contributed by atoms with Gasteiger partial charge in [-0.15, -0.1) is 21.5 Å². The maximum Gasteiger partial charge on any atom is 0.277 e. The molecule has 0 fully saturated rings. The normalized spacial score (nSPS) is 12.1. The molecule has 0 saturated heterocycles. The lowest BCUT2D eigenvalue weighted by Gasteiger charge is -2.10. The van der Waals surface area contributed by atoms with E-state index in [1.165, 1.54) is 29.5 Å². The molecule has 24 heavy (non-hydrogen) atoms. The van der Waals surface area contributed by atoms with E-state index in [0.717, 1.165) is 16.6 Å². The fourth-order valence-electron chi connectivity index (χ4n) is 1.78. The van der Waals surface area contributed by atoms with Gasteiger partial charge in [-0.1, -0.05) is 29.4 Å². The van der Waals surface area contributed by atoms with Crippen LogP contribution in [-0.2, 0) is 4.79 Å². The van der Waals surface area contributed by atoms with Crippen LogP contribution < -0.4 is 5.32 Å². The summed E-state index contributed by atoms with van der Waals surface area (Å²) < 4.78 is 18.7. The lowest BCUT2D eigenvalue weighted by Crippen LogP contribution is -2.22. The van der Waals surface area contributed by atoms with Crippen LogP contribution in [0.1, 0.15) is 6.92 Å². The number of amides is 1. The van der Waals surface area contributed by atoms with E-state index in [0.29, 0.717) is 16.8 Å². The number of thiophene rings is 1. The average molecular weight is 384 g/mol. The van der Waals surface area contributed by atoms with Crippen LogP contribution in [0.4, 0.5) is 10.1 Å². The van der Waals surface area contributed by atoms with Gasteiger partial charge < -0.3 is 9.73 Å². The van der Waals surface area contributed by atoms with Gasteiger partial charge in [0.25, 0.3) is 11.1 Å². The predicted octanol–water partition coefficient (Wildman–Crippen LogP) is 4.71. The number of nitrogens with one attached hydrogen (secondary N) is 1. The molecule has 1 atom stereocenters. The molecule has 1 unspecified atom stereocenters. The first-order chi connectivity index (χ1) is 11.5. The van der Waals surface area contributed by atoms with E-state index in [1.807, 2.05) is 17.5 Å². The van der Waals surface area contributed by atoms with Crippen molar-refractivity contribution in [1.29, 1.82) is 0 Å². The number of carbonyl (C=O) groups excluding carboxylic acids is 1. The number of hydrogen-bond donors (Lipinski definition) is 1. The molecular formula is C15H11ClFN3O2S2. The lowest BCUT2D eigenvalue weighted by atomic mass is 10.3. The van der Waals surface area contributed by atoms with E-state index >= 15 is 0 Å². The van der Waals surface area contributed by atoms with Crippen LogP contribution in [0.25, 0.3) is 10.8 Å². The van der Waals surface area contributed by atoms with E-state index in [9.17, 15) is 9.18 Å². The Morgan fingerprint density at radius 1 is 1.42 bits per heavy atom. The molecule has 1 aromatic carbocycles. The minimum absolute atomic E-state index is 0.0504. The van der Waals surface area contributed by atoms with Gasteiger partial charge in [-0.3, -0.25) is 4.79 Å². The van der Waals surface area contributed by atoms with Gasteiger partial charge in [0.2, 0.25) is 5.91 Å². The number of carbonyl (C=O) groups is 1. The topological polar surface area (TPSA) is 68.0 Å². The van der Waals surface area contributed by atoms with Crippen molar-refractivity contribution in [3.63, 3.8) is 0 Å². The van der Waals surface area contributed by atoms with Crippen molar-refractivity contribution in [3.05, 3.63) is 46.6 Å². The van der Waals surface area contributed by atoms with E-state index < -0.39 is 11.1 Å². The van der Waals surface area contributed by atoms with Crippen LogP contribution in [0.15, 0.2) is 45.4 Å². The summed E-state index contributed by atoms with van der Waals surface area (Å²) in [6, 6.07) is 7.76. The average Bonchev–Trinajstić information content (AvgIpc) is 3.21. The van der Waals surface area contributed by atoms with Crippen LogP contribution in [0.2, 0.25) is 5.02 Å². The van der Waals surface area contributed by atoms with Crippen molar-refractivity contribution in [3.8, 4) is 10.8 Å². The molecule has 124 valence electrons. The smallest absolute Gasteiger partial charge is 0.277 e. The standard InChI is InChI=1S/C15H11ClFN3O2S2/c1-8(13(21)18-9-4-5-11(17)10(16)7-9)24-15-20-19-14(22-15)12-3-2-6-23-12/h2-8H,1H3,(H,18,21). The zero-order chi connectivity index (χ0) is 17.1. The minimum atomic E-state index is -0.538. The van der Waals surface area contributed by atoms with Gasteiger partial charge in [-0.2, -0.15) is 0 Å². The summed E-state index contributed by atoms with van der Waals surface area (Å²) in [4.78, 5) is 13.1. The summed E-state index contributed by atoms with van der Waals surface area (Å²) in [5.41, 5.74) is 0.420. The Balaban J connectivity index is 1.62. The van der Waals surface area contributed by atoms with Gasteiger partial charge in [-0.05, 0) is 36.6 Å². The van der Waals surface area contributed by atoms with Crippen molar-refractivity contribution in [2.75, 3.05) is 5.32 Å². The molecule has 2 aromatic heterocycles. The highest BCUT2D eigenvalue weighted by atomic mass is 35.5. The zero-order valence-corrected chi connectivity index (χ0v) is 14.7. The van der Waals surface area contributed by atoms with Gasteiger partial charge in [0, 0.05) is 5.69 Å². The Morgan fingerprint density at radius 3 is 2.96 bits per heavy atom. The molecule has 0 radical (unpaired) electrons. The SMILES string of the molecule is CC(Sc1nnc(-c2cccs2)o1)C(=O)Nc1ccc(F)c(Cl)c1. The number of benzene rings is 1. The van der Waals surface area contributed by atoms with Crippen LogP contribution in [0.3, 0.4) is 0 Å². The fourth-order valence-corrected chi connectivity index (χ4v) is 3.29. The number of hydrogen-bond acceptors (Lipinski definition) is 6. The molecule has 0 aliphatic rings. The number of rotatable bonds is 5. The fraction of sp³-hybridized carbons (Fsp3) is 0.133. The molecule has 9 heteroatoms. The predicted molar refractivity (Wildman–Crippen MR) is 93.0 cm³/mol. The highest BCUT2D eigenvalue weighted by Crippen LogP contribution is 2.29. The maximum absolute atomic E-state index is 13.1. The van der Waals surface area contributed by atoms with Crippen LogP contribution >= 0.6 is 34.7 Å². The first kappa shape index (κ1) is 16.9. The molecule has 2 heterocycles. The molecular weight excluding hydrogens is 373 g/mol. The van der Waals surface area contributed by atoms with Gasteiger partial charge in [-0.25, -0.2) is 4.39 Å². The second-order valence-corrected chi connectivity index (χ2v) is 7.38. The largest absolute Gasteiger partial charge is 0.410 e. The summed E-state index contributed by atoms with van der Waals surface area (Å²) in [5, 5.41) is 12.2. The Morgan fingerprint density at radius 2 is 2.25 bits per heavy atom. The number of thioether (sulfide) groups is 1. The first-order valence-corrected chi connectivity index (χ1v) is 8.96. The number of halogens is 2. The summed E-state index contributed by atoms with van der Waals surface area (Å²) in [6.07, 6.45) is 0. The Kier molecular flexibility index (Phi) is 5.17. The number of anilines is 1. The second kappa shape index (κ2) is 7.33.